The zero-order chi connectivity index (χ0) is 12.1. The summed E-state index contributed by atoms with van der Waals surface area (Å²) in [5.74, 6) is -0.0117. The fourth-order valence-electron chi connectivity index (χ4n) is 1.46. The minimum Gasteiger partial charge on any atom is -0.467 e. The Bertz CT molecular complexity index is 202. The van der Waals surface area contributed by atoms with E-state index in [9.17, 15) is 9.90 Å². The summed E-state index contributed by atoms with van der Waals surface area (Å²) in [4.78, 5) is 11.2. The van der Waals surface area contributed by atoms with E-state index in [4.69, 9.17) is 0 Å². The number of methoxy groups -OCH3 is 1. The van der Waals surface area contributed by atoms with Crippen LogP contribution in [-0.2, 0) is 9.53 Å². The molecule has 0 radical (unpaired) electrons. The van der Waals surface area contributed by atoms with E-state index >= 15 is 0 Å². The Morgan fingerprint density at radius 2 is 2.00 bits per heavy atom. The third kappa shape index (κ3) is 5.74. The fraction of sp³-hybridized carbons (Fsp3) is 0.909. The molecule has 0 rings (SSSR count). The molecule has 0 saturated carbocycles. The number of carbonyl (C=O) groups excluding carboxylic acids is 1. The van der Waals surface area contributed by atoms with Gasteiger partial charge in [-0.2, -0.15) is 0 Å². The number of hydrogen-bond donors (Lipinski definition) is 2. The Morgan fingerprint density at radius 1 is 1.47 bits per heavy atom. The van der Waals surface area contributed by atoms with Gasteiger partial charge >= 0.3 is 5.97 Å². The summed E-state index contributed by atoms with van der Waals surface area (Å²) < 4.78 is 4.50. The van der Waals surface area contributed by atoms with E-state index in [0.717, 1.165) is 6.42 Å². The van der Waals surface area contributed by atoms with Crippen LogP contribution in [0.2, 0.25) is 0 Å². The molecule has 2 atom stereocenters. The average molecular weight is 217 g/mol. The summed E-state index contributed by atoms with van der Waals surface area (Å²) in [5.41, 5.74) is -1.44. The lowest BCUT2D eigenvalue weighted by atomic mass is 10.0. The van der Waals surface area contributed by atoms with Gasteiger partial charge in [0, 0.05) is 12.6 Å². The van der Waals surface area contributed by atoms with E-state index in [-0.39, 0.29) is 12.6 Å². The first-order valence-corrected chi connectivity index (χ1v) is 5.33. The van der Waals surface area contributed by atoms with Gasteiger partial charge in [0.25, 0.3) is 0 Å². The molecule has 0 saturated heterocycles. The monoisotopic (exact) mass is 217 g/mol. The second-order valence-electron chi connectivity index (χ2n) is 4.68. The fourth-order valence-corrected chi connectivity index (χ4v) is 1.46. The Hall–Kier alpha value is -0.610. The maximum atomic E-state index is 11.2. The van der Waals surface area contributed by atoms with Gasteiger partial charge in [0.1, 0.15) is 0 Å². The van der Waals surface area contributed by atoms with E-state index in [1.165, 1.54) is 14.0 Å². The Kier molecular flexibility index (Phi) is 5.83. The van der Waals surface area contributed by atoms with Crippen LogP contribution in [0.5, 0.6) is 0 Å². The van der Waals surface area contributed by atoms with Crippen molar-refractivity contribution in [1.29, 1.82) is 0 Å². The molecule has 0 fully saturated rings. The molecule has 0 aromatic carbocycles. The maximum Gasteiger partial charge on any atom is 0.338 e. The minimum absolute atomic E-state index is 0.216. The number of nitrogens with one attached hydrogen (secondary N) is 1. The van der Waals surface area contributed by atoms with E-state index in [1.54, 1.807) is 0 Å². The van der Waals surface area contributed by atoms with E-state index in [2.05, 4.69) is 23.9 Å². The average Bonchev–Trinajstić information content (AvgIpc) is 2.12. The third-order valence-electron chi connectivity index (χ3n) is 2.24. The molecule has 0 aliphatic heterocycles. The predicted octanol–water partition coefficient (Wildman–Crippen LogP) is 0.935. The predicted molar refractivity (Wildman–Crippen MR) is 59.6 cm³/mol. The van der Waals surface area contributed by atoms with Gasteiger partial charge in [-0.1, -0.05) is 13.8 Å². The van der Waals surface area contributed by atoms with Crippen molar-refractivity contribution < 1.29 is 14.6 Å². The van der Waals surface area contributed by atoms with Crippen molar-refractivity contribution in [3.63, 3.8) is 0 Å². The van der Waals surface area contributed by atoms with Gasteiger partial charge in [0.2, 0.25) is 0 Å². The summed E-state index contributed by atoms with van der Waals surface area (Å²) in [6.45, 7) is 7.97. The van der Waals surface area contributed by atoms with Gasteiger partial charge in [-0.25, -0.2) is 4.79 Å². The highest BCUT2D eigenvalue weighted by molar-refractivity contribution is 5.78. The first-order chi connectivity index (χ1) is 6.79. The topological polar surface area (TPSA) is 58.6 Å². The van der Waals surface area contributed by atoms with Gasteiger partial charge < -0.3 is 15.2 Å². The molecule has 0 heterocycles. The van der Waals surface area contributed by atoms with Crippen molar-refractivity contribution >= 4 is 5.97 Å². The molecule has 0 spiro atoms. The van der Waals surface area contributed by atoms with Crippen molar-refractivity contribution in [2.75, 3.05) is 13.7 Å². The summed E-state index contributed by atoms with van der Waals surface area (Å²) >= 11 is 0. The molecule has 2 N–H and O–H groups in total. The van der Waals surface area contributed by atoms with Crippen LogP contribution >= 0.6 is 0 Å². The molecule has 90 valence electrons. The van der Waals surface area contributed by atoms with Crippen LogP contribution in [0, 0.1) is 5.92 Å². The number of ether oxygens (including phenoxy) is 1. The van der Waals surface area contributed by atoms with Gasteiger partial charge in [-0.05, 0) is 26.2 Å². The van der Waals surface area contributed by atoms with E-state index in [1.807, 2.05) is 6.92 Å². The summed E-state index contributed by atoms with van der Waals surface area (Å²) in [6, 6.07) is 0.279. The molecule has 4 nitrogen and oxygen atoms in total. The number of hydrogen-bond acceptors (Lipinski definition) is 4. The number of aliphatic hydroxyl groups is 1. The first-order valence-electron chi connectivity index (χ1n) is 5.33. The number of esters is 1. The largest absolute Gasteiger partial charge is 0.467 e. The van der Waals surface area contributed by atoms with E-state index in [0.29, 0.717) is 5.92 Å². The van der Waals surface area contributed by atoms with Crippen molar-refractivity contribution in [3.8, 4) is 0 Å². The van der Waals surface area contributed by atoms with Crippen molar-refractivity contribution in [2.45, 2.75) is 45.8 Å². The van der Waals surface area contributed by atoms with Crippen LogP contribution in [-0.4, -0.2) is 36.4 Å². The van der Waals surface area contributed by atoms with Crippen LogP contribution < -0.4 is 5.32 Å². The maximum absolute atomic E-state index is 11.2. The standard InChI is InChI=1S/C11H23NO3/c1-8(2)6-9(3)12-7-11(4,14)10(13)15-5/h8-9,12,14H,6-7H2,1-5H3. The lowest BCUT2D eigenvalue weighted by Crippen LogP contribution is -2.48. The van der Waals surface area contributed by atoms with Crippen molar-refractivity contribution in [3.05, 3.63) is 0 Å². The molecule has 4 heteroatoms. The summed E-state index contributed by atoms with van der Waals surface area (Å²) in [6.07, 6.45) is 1.01. The summed E-state index contributed by atoms with van der Waals surface area (Å²) in [7, 11) is 1.27. The summed E-state index contributed by atoms with van der Waals surface area (Å²) in [5, 5.41) is 12.8. The highest BCUT2D eigenvalue weighted by Gasteiger charge is 2.31. The molecule has 2 unspecified atom stereocenters. The lowest BCUT2D eigenvalue weighted by Gasteiger charge is -2.24. The normalized spacial score (nSPS) is 17.3. The molecule has 0 amide bonds. The molecule has 0 aliphatic rings. The lowest BCUT2D eigenvalue weighted by molar-refractivity contribution is -0.160. The minimum atomic E-state index is -1.44. The SMILES string of the molecule is COC(=O)C(C)(O)CNC(C)CC(C)C. The molecule has 0 aromatic rings. The highest BCUT2D eigenvalue weighted by atomic mass is 16.5. The van der Waals surface area contributed by atoms with Crippen LogP contribution in [0.1, 0.15) is 34.1 Å². The quantitative estimate of drug-likeness (QED) is 0.650. The van der Waals surface area contributed by atoms with Crippen LogP contribution in [0.4, 0.5) is 0 Å². The molecule has 0 aliphatic carbocycles. The van der Waals surface area contributed by atoms with Crippen molar-refractivity contribution in [2.24, 2.45) is 5.92 Å². The first kappa shape index (κ1) is 14.4. The third-order valence-corrected chi connectivity index (χ3v) is 2.24. The Labute approximate surface area is 92.0 Å². The van der Waals surface area contributed by atoms with Crippen LogP contribution in [0.25, 0.3) is 0 Å². The van der Waals surface area contributed by atoms with Crippen molar-refractivity contribution in [1.82, 2.24) is 5.32 Å². The molecule has 15 heavy (non-hydrogen) atoms. The smallest absolute Gasteiger partial charge is 0.338 e. The number of rotatable bonds is 6. The molecular formula is C11H23NO3. The van der Waals surface area contributed by atoms with E-state index < -0.39 is 11.6 Å². The molecule has 0 aromatic heterocycles. The number of carbonyl (C=O) groups is 1. The Balaban J connectivity index is 3.98. The highest BCUT2D eigenvalue weighted by Crippen LogP contribution is 2.07. The zero-order valence-electron chi connectivity index (χ0n) is 10.3. The van der Waals surface area contributed by atoms with Gasteiger partial charge in [0.15, 0.2) is 5.60 Å². The zero-order valence-corrected chi connectivity index (χ0v) is 10.3. The van der Waals surface area contributed by atoms with Crippen LogP contribution in [0.3, 0.4) is 0 Å². The van der Waals surface area contributed by atoms with Gasteiger partial charge in [0.05, 0.1) is 7.11 Å². The second kappa shape index (κ2) is 6.08. The van der Waals surface area contributed by atoms with Gasteiger partial charge in [-0.15, -0.1) is 0 Å². The van der Waals surface area contributed by atoms with Crippen LogP contribution in [0.15, 0.2) is 0 Å². The second-order valence-corrected chi connectivity index (χ2v) is 4.68. The van der Waals surface area contributed by atoms with Gasteiger partial charge in [-0.3, -0.25) is 0 Å². The Morgan fingerprint density at radius 3 is 2.40 bits per heavy atom. The molecular weight excluding hydrogens is 194 g/mol. The molecule has 0 bridgehead atoms.